The third-order valence-corrected chi connectivity index (χ3v) is 3.33. The highest BCUT2D eigenvalue weighted by Gasteiger charge is 2.22. The molecule has 0 saturated carbocycles. The first-order valence-corrected chi connectivity index (χ1v) is 6.36. The van der Waals surface area contributed by atoms with E-state index in [4.69, 9.17) is 15.4 Å². The second-order valence-electron chi connectivity index (χ2n) is 2.92. The summed E-state index contributed by atoms with van der Waals surface area (Å²) in [7, 11) is 2.21. The highest BCUT2D eigenvalue weighted by atomic mass is 35.7. The average molecular weight is 272 g/mol. The number of rotatable bonds is 3. The van der Waals surface area contributed by atoms with Crippen molar-refractivity contribution in [3.63, 3.8) is 0 Å². The van der Waals surface area contributed by atoms with Crippen LogP contribution in [-0.4, -0.2) is 20.5 Å². The number of halogens is 3. The molecule has 1 heterocycles. The van der Waals surface area contributed by atoms with E-state index in [2.05, 4.69) is 4.98 Å². The average Bonchev–Trinajstić information content (AvgIpc) is 2.15. The number of hydrogen-bond acceptors (Lipinski definition) is 4. The van der Waals surface area contributed by atoms with Crippen molar-refractivity contribution < 1.29 is 21.9 Å². The Morgan fingerprint density at radius 3 is 2.44 bits per heavy atom. The molecule has 0 N–H and O–H groups in total. The molecule has 1 rings (SSSR count). The number of alkyl halides is 2. The van der Waals surface area contributed by atoms with E-state index < -0.39 is 26.1 Å². The predicted molar refractivity (Wildman–Crippen MR) is 53.5 cm³/mol. The lowest BCUT2D eigenvalue weighted by atomic mass is 10.2. The van der Waals surface area contributed by atoms with Crippen molar-refractivity contribution in [3.8, 4) is 5.88 Å². The molecule has 90 valence electrons. The number of ether oxygens (including phenoxy) is 1. The standard InChI is InChI=1S/C8H8ClF2NO3S/c1-4-6(16(9,13)14)3-5(7(10)11)12-8(4)15-2/h3,7H,1-2H3. The van der Waals surface area contributed by atoms with Gasteiger partial charge in [0.2, 0.25) is 5.88 Å². The summed E-state index contributed by atoms with van der Waals surface area (Å²) in [6, 6.07) is 0.741. The third kappa shape index (κ3) is 2.59. The van der Waals surface area contributed by atoms with Crippen molar-refractivity contribution in [1.82, 2.24) is 4.98 Å². The van der Waals surface area contributed by atoms with Gasteiger partial charge in [-0.2, -0.15) is 0 Å². The Morgan fingerprint density at radius 1 is 1.50 bits per heavy atom. The lowest BCUT2D eigenvalue weighted by Gasteiger charge is -2.09. The number of hydrogen-bond donors (Lipinski definition) is 0. The summed E-state index contributed by atoms with van der Waals surface area (Å²) in [6.07, 6.45) is -2.90. The van der Waals surface area contributed by atoms with E-state index in [1.54, 1.807) is 0 Å². The van der Waals surface area contributed by atoms with E-state index in [0.29, 0.717) is 0 Å². The molecule has 0 amide bonds. The number of nitrogens with zero attached hydrogens (tertiary/aromatic N) is 1. The Hall–Kier alpha value is -0.950. The van der Waals surface area contributed by atoms with Crippen molar-refractivity contribution in [1.29, 1.82) is 0 Å². The Balaban J connectivity index is 3.55. The third-order valence-electron chi connectivity index (χ3n) is 1.88. The molecule has 0 aromatic carbocycles. The van der Waals surface area contributed by atoms with Gasteiger partial charge in [0.05, 0.1) is 12.0 Å². The SMILES string of the molecule is COc1nc(C(F)F)cc(S(=O)(=O)Cl)c1C. The molecule has 0 spiro atoms. The number of methoxy groups -OCH3 is 1. The molecule has 0 unspecified atom stereocenters. The van der Waals surface area contributed by atoms with Gasteiger partial charge in [0.15, 0.2) is 0 Å². The van der Waals surface area contributed by atoms with Gasteiger partial charge in [-0.3, -0.25) is 0 Å². The van der Waals surface area contributed by atoms with Gasteiger partial charge in [0.1, 0.15) is 5.69 Å². The maximum atomic E-state index is 12.4. The Kier molecular flexibility index (Phi) is 3.69. The fourth-order valence-electron chi connectivity index (χ4n) is 1.15. The predicted octanol–water partition coefficient (Wildman–Crippen LogP) is 2.26. The van der Waals surface area contributed by atoms with Crippen molar-refractivity contribution in [2.24, 2.45) is 0 Å². The summed E-state index contributed by atoms with van der Waals surface area (Å²) in [5, 5.41) is 0. The largest absolute Gasteiger partial charge is 0.481 e. The van der Waals surface area contributed by atoms with Gasteiger partial charge in [0, 0.05) is 16.2 Å². The summed E-state index contributed by atoms with van der Waals surface area (Å²) >= 11 is 0. The van der Waals surface area contributed by atoms with Crippen molar-refractivity contribution in [3.05, 3.63) is 17.3 Å². The highest BCUT2D eigenvalue weighted by Crippen LogP contribution is 2.30. The minimum absolute atomic E-state index is 0.0990. The summed E-state index contributed by atoms with van der Waals surface area (Å²) in [5.74, 6) is -0.183. The first kappa shape index (κ1) is 13.1. The maximum Gasteiger partial charge on any atom is 0.280 e. The fourth-order valence-corrected chi connectivity index (χ4v) is 2.34. The summed E-state index contributed by atoms with van der Waals surface area (Å²) in [6.45, 7) is 1.37. The van der Waals surface area contributed by atoms with Crippen molar-refractivity contribution in [2.75, 3.05) is 7.11 Å². The number of aromatic nitrogens is 1. The van der Waals surface area contributed by atoms with E-state index >= 15 is 0 Å². The Morgan fingerprint density at radius 2 is 2.06 bits per heavy atom. The maximum absolute atomic E-state index is 12.4. The van der Waals surface area contributed by atoms with E-state index in [9.17, 15) is 17.2 Å². The van der Waals surface area contributed by atoms with Crippen LogP contribution >= 0.6 is 10.7 Å². The van der Waals surface area contributed by atoms with Gasteiger partial charge in [-0.25, -0.2) is 22.2 Å². The first-order chi connectivity index (χ1) is 7.27. The first-order valence-electron chi connectivity index (χ1n) is 4.05. The van der Waals surface area contributed by atoms with Gasteiger partial charge in [-0.05, 0) is 13.0 Å². The highest BCUT2D eigenvalue weighted by molar-refractivity contribution is 8.13. The zero-order valence-corrected chi connectivity index (χ0v) is 9.94. The normalized spacial score (nSPS) is 11.9. The summed E-state index contributed by atoms with van der Waals surface area (Å²) < 4.78 is 51.8. The molecule has 8 heteroatoms. The number of pyridine rings is 1. The molecular weight excluding hydrogens is 264 g/mol. The molecule has 0 bridgehead atoms. The minimum atomic E-state index is -4.10. The molecule has 0 saturated heterocycles. The van der Waals surface area contributed by atoms with Crippen LogP contribution < -0.4 is 4.74 Å². The summed E-state index contributed by atoms with van der Waals surface area (Å²) in [5.41, 5.74) is -0.594. The van der Waals surface area contributed by atoms with Crippen LogP contribution in [0.4, 0.5) is 8.78 Å². The molecule has 0 fully saturated rings. The molecule has 16 heavy (non-hydrogen) atoms. The van der Waals surface area contributed by atoms with Crippen LogP contribution in [0.5, 0.6) is 5.88 Å². The van der Waals surface area contributed by atoms with Crippen LogP contribution in [-0.2, 0) is 9.05 Å². The quantitative estimate of drug-likeness (QED) is 0.792. The van der Waals surface area contributed by atoms with Crippen molar-refractivity contribution >= 4 is 19.7 Å². The van der Waals surface area contributed by atoms with E-state index in [0.717, 1.165) is 6.07 Å². The topological polar surface area (TPSA) is 56.3 Å². The second kappa shape index (κ2) is 4.50. The Labute approximate surface area is 95.6 Å². The molecule has 1 aromatic rings. The molecule has 1 aromatic heterocycles. The minimum Gasteiger partial charge on any atom is -0.481 e. The second-order valence-corrected chi connectivity index (χ2v) is 5.45. The fraction of sp³-hybridized carbons (Fsp3) is 0.375. The molecule has 0 radical (unpaired) electrons. The zero-order chi connectivity index (χ0) is 12.5. The van der Waals surface area contributed by atoms with Gasteiger partial charge in [0.25, 0.3) is 15.5 Å². The van der Waals surface area contributed by atoms with Crippen LogP contribution in [0.15, 0.2) is 11.0 Å². The van der Waals surface area contributed by atoms with Crippen molar-refractivity contribution in [2.45, 2.75) is 18.2 Å². The van der Waals surface area contributed by atoms with E-state index in [-0.39, 0.29) is 11.4 Å². The van der Waals surface area contributed by atoms with Crippen LogP contribution in [0.3, 0.4) is 0 Å². The van der Waals surface area contributed by atoms with E-state index in [1.807, 2.05) is 0 Å². The van der Waals surface area contributed by atoms with Gasteiger partial charge < -0.3 is 4.74 Å². The molecule has 0 aliphatic rings. The molecule has 0 atom stereocenters. The van der Waals surface area contributed by atoms with E-state index in [1.165, 1.54) is 14.0 Å². The molecular formula is C8H8ClF2NO3S. The smallest absolute Gasteiger partial charge is 0.280 e. The van der Waals surface area contributed by atoms with Crippen LogP contribution in [0.2, 0.25) is 0 Å². The summed E-state index contributed by atoms with van der Waals surface area (Å²) in [4.78, 5) is 3.05. The lowest BCUT2D eigenvalue weighted by Crippen LogP contribution is -2.03. The van der Waals surface area contributed by atoms with Gasteiger partial charge in [-0.1, -0.05) is 0 Å². The van der Waals surface area contributed by atoms with Gasteiger partial charge >= 0.3 is 0 Å². The molecule has 0 aliphatic heterocycles. The van der Waals surface area contributed by atoms with Gasteiger partial charge in [-0.15, -0.1) is 0 Å². The van der Waals surface area contributed by atoms with Crippen LogP contribution in [0, 0.1) is 6.92 Å². The molecule has 4 nitrogen and oxygen atoms in total. The zero-order valence-electron chi connectivity index (χ0n) is 8.37. The molecule has 0 aliphatic carbocycles. The lowest BCUT2D eigenvalue weighted by molar-refractivity contribution is 0.144. The monoisotopic (exact) mass is 271 g/mol. The Bertz CT molecular complexity index is 504. The van der Waals surface area contributed by atoms with Crippen LogP contribution in [0.25, 0.3) is 0 Å². The van der Waals surface area contributed by atoms with Crippen LogP contribution in [0.1, 0.15) is 17.7 Å².